The lowest BCUT2D eigenvalue weighted by Gasteiger charge is -2.10. The fourth-order valence-corrected chi connectivity index (χ4v) is 3.23. The number of anilines is 1. The number of sulfone groups is 1. The Morgan fingerprint density at radius 2 is 1.69 bits per heavy atom. The average Bonchev–Trinajstić information content (AvgIpc) is 2.66. The van der Waals surface area contributed by atoms with Crippen molar-refractivity contribution in [2.45, 2.75) is 11.8 Å². The quantitative estimate of drug-likeness (QED) is 0.743. The molecule has 0 atom stereocenters. The lowest BCUT2D eigenvalue weighted by Crippen LogP contribution is -2.22. The second kappa shape index (κ2) is 8.48. The molecule has 0 saturated heterocycles. The van der Waals surface area contributed by atoms with Gasteiger partial charge in [0.2, 0.25) is 0 Å². The topological polar surface area (TPSA) is 98.8 Å². The average molecular weight is 377 g/mol. The van der Waals surface area contributed by atoms with Gasteiger partial charge in [0.25, 0.3) is 5.91 Å². The van der Waals surface area contributed by atoms with E-state index >= 15 is 0 Å². The molecule has 1 N–H and O–H groups in total. The molecule has 0 bridgehead atoms. The van der Waals surface area contributed by atoms with Crippen molar-refractivity contribution in [3.05, 3.63) is 54.1 Å². The molecule has 0 fully saturated rings. The van der Waals surface area contributed by atoms with E-state index in [1.807, 2.05) is 0 Å². The smallest absolute Gasteiger partial charge is 0.339 e. The van der Waals surface area contributed by atoms with Crippen LogP contribution in [0.15, 0.2) is 53.4 Å². The van der Waals surface area contributed by atoms with E-state index in [0.717, 1.165) is 0 Å². The van der Waals surface area contributed by atoms with Gasteiger partial charge in [0.1, 0.15) is 5.75 Å². The second-order valence-corrected chi connectivity index (χ2v) is 7.50. The van der Waals surface area contributed by atoms with Crippen LogP contribution in [0.2, 0.25) is 0 Å². The Morgan fingerprint density at radius 1 is 1.04 bits per heavy atom. The largest absolute Gasteiger partial charge is 0.497 e. The number of nitrogens with one attached hydrogen (secondary N) is 1. The molecule has 0 unspecified atom stereocenters. The Labute approximate surface area is 151 Å². The van der Waals surface area contributed by atoms with Gasteiger partial charge in [-0.15, -0.1) is 0 Å². The minimum Gasteiger partial charge on any atom is -0.497 e. The van der Waals surface area contributed by atoms with Crippen LogP contribution in [0.5, 0.6) is 5.75 Å². The molecule has 0 aliphatic carbocycles. The van der Waals surface area contributed by atoms with E-state index in [0.29, 0.717) is 11.4 Å². The van der Waals surface area contributed by atoms with Crippen LogP contribution in [0.1, 0.15) is 17.3 Å². The van der Waals surface area contributed by atoms with E-state index in [1.165, 1.54) is 38.3 Å². The third kappa shape index (κ3) is 4.82. The Hall–Kier alpha value is -2.87. The first-order valence-electron chi connectivity index (χ1n) is 7.80. The Balaban J connectivity index is 2.01. The summed E-state index contributed by atoms with van der Waals surface area (Å²) >= 11 is 0. The van der Waals surface area contributed by atoms with Gasteiger partial charge in [0.15, 0.2) is 16.4 Å². The summed E-state index contributed by atoms with van der Waals surface area (Å²) in [6, 6.07) is 12.4. The number of carbonyl (C=O) groups is 2. The molecular formula is C18H19NO6S. The first kappa shape index (κ1) is 19.5. The summed E-state index contributed by atoms with van der Waals surface area (Å²) in [6.45, 7) is 0.950. The summed E-state index contributed by atoms with van der Waals surface area (Å²) in [5.41, 5.74) is 0.424. The van der Waals surface area contributed by atoms with Crippen LogP contribution < -0.4 is 10.1 Å². The number of carbonyl (C=O) groups excluding carboxylic acids is 2. The molecule has 0 aromatic heterocycles. The highest BCUT2D eigenvalue weighted by molar-refractivity contribution is 7.91. The number of methoxy groups -OCH3 is 1. The number of hydrogen-bond donors (Lipinski definition) is 1. The minimum atomic E-state index is -3.58. The molecule has 2 aromatic rings. The lowest BCUT2D eigenvalue weighted by atomic mass is 10.2. The Kier molecular flexibility index (Phi) is 6.35. The van der Waals surface area contributed by atoms with Crippen molar-refractivity contribution in [2.75, 3.05) is 24.8 Å². The predicted molar refractivity (Wildman–Crippen MR) is 96.1 cm³/mol. The zero-order valence-electron chi connectivity index (χ0n) is 14.4. The zero-order valence-corrected chi connectivity index (χ0v) is 15.2. The van der Waals surface area contributed by atoms with Crippen LogP contribution in [0, 0.1) is 0 Å². The summed E-state index contributed by atoms with van der Waals surface area (Å²) < 4.78 is 34.1. The lowest BCUT2D eigenvalue weighted by molar-refractivity contribution is -0.119. The van der Waals surface area contributed by atoms with E-state index in [-0.39, 0.29) is 16.2 Å². The molecule has 7 nitrogen and oxygen atoms in total. The number of esters is 1. The van der Waals surface area contributed by atoms with Gasteiger partial charge < -0.3 is 14.8 Å². The molecule has 8 heteroatoms. The molecule has 138 valence electrons. The van der Waals surface area contributed by atoms with Gasteiger partial charge in [-0.25, -0.2) is 13.2 Å². The van der Waals surface area contributed by atoms with Crippen LogP contribution >= 0.6 is 0 Å². The summed E-state index contributed by atoms with van der Waals surface area (Å²) in [5, 5.41) is 2.57. The van der Waals surface area contributed by atoms with Crippen LogP contribution in [-0.2, 0) is 19.4 Å². The molecule has 26 heavy (non-hydrogen) atoms. The molecule has 0 spiro atoms. The van der Waals surface area contributed by atoms with E-state index in [1.54, 1.807) is 24.3 Å². The van der Waals surface area contributed by atoms with Gasteiger partial charge in [0.05, 0.1) is 23.3 Å². The van der Waals surface area contributed by atoms with Crippen LogP contribution in [0.25, 0.3) is 0 Å². The maximum Gasteiger partial charge on any atom is 0.339 e. The summed E-state index contributed by atoms with van der Waals surface area (Å²) in [7, 11) is -2.05. The Morgan fingerprint density at radius 3 is 2.31 bits per heavy atom. The molecule has 0 saturated carbocycles. The third-order valence-corrected chi connectivity index (χ3v) is 5.32. The Bertz CT molecular complexity index is 890. The van der Waals surface area contributed by atoms with E-state index in [4.69, 9.17) is 9.47 Å². The SMILES string of the molecule is CCS(=O)(=O)c1ccccc1C(=O)OCC(=O)Nc1ccc(OC)cc1. The van der Waals surface area contributed by atoms with Crippen molar-refractivity contribution < 1.29 is 27.5 Å². The number of ether oxygens (including phenoxy) is 2. The molecule has 0 heterocycles. The zero-order chi connectivity index (χ0) is 19.2. The van der Waals surface area contributed by atoms with Crippen LogP contribution in [-0.4, -0.2) is 39.8 Å². The van der Waals surface area contributed by atoms with Crippen LogP contribution in [0.4, 0.5) is 5.69 Å². The third-order valence-electron chi connectivity index (χ3n) is 3.53. The van der Waals surface area contributed by atoms with Crippen LogP contribution in [0.3, 0.4) is 0 Å². The molecule has 0 radical (unpaired) electrons. The van der Waals surface area contributed by atoms with Gasteiger partial charge in [-0.05, 0) is 36.4 Å². The molecule has 0 aliphatic heterocycles. The van der Waals surface area contributed by atoms with E-state index in [2.05, 4.69) is 5.32 Å². The predicted octanol–water partition coefficient (Wildman–Crippen LogP) is 2.28. The van der Waals surface area contributed by atoms with Crippen molar-refractivity contribution in [1.29, 1.82) is 0 Å². The highest BCUT2D eigenvalue weighted by Crippen LogP contribution is 2.18. The van der Waals surface area contributed by atoms with Crippen molar-refractivity contribution >= 4 is 27.4 Å². The molecule has 2 rings (SSSR count). The van der Waals surface area contributed by atoms with Gasteiger partial charge in [-0.3, -0.25) is 4.79 Å². The van der Waals surface area contributed by atoms with Crippen molar-refractivity contribution in [1.82, 2.24) is 0 Å². The van der Waals surface area contributed by atoms with E-state index < -0.39 is 28.3 Å². The summed E-state index contributed by atoms with van der Waals surface area (Å²) in [6.07, 6.45) is 0. The maximum absolute atomic E-state index is 12.2. The number of hydrogen-bond acceptors (Lipinski definition) is 6. The highest BCUT2D eigenvalue weighted by atomic mass is 32.2. The molecular weight excluding hydrogens is 358 g/mol. The van der Waals surface area contributed by atoms with Gasteiger partial charge in [-0.2, -0.15) is 0 Å². The fraction of sp³-hybridized carbons (Fsp3) is 0.222. The molecule has 0 aliphatic rings. The number of amides is 1. The van der Waals surface area contributed by atoms with Gasteiger partial charge in [-0.1, -0.05) is 19.1 Å². The number of rotatable bonds is 7. The summed E-state index contributed by atoms with van der Waals surface area (Å²) in [5.74, 6) is -0.917. The molecule has 1 amide bonds. The first-order valence-corrected chi connectivity index (χ1v) is 9.45. The van der Waals surface area contributed by atoms with E-state index in [9.17, 15) is 18.0 Å². The van der Waals surface area contributed by atoms with Gasteiger partial charge >= 0.3 is 5.97 Å². The standard InChI is InChI=1S/C18H19NO6S/c1-3-26(22,23)16-7-5-4-6-15(16)18(21)25-12-17(20)19-13-8-10-14(24-2)11-9-13/h4-11H,3,12H2,1-2H3,(H,19,20). The summed E-state index contributed by atoms with van der Waals surface area (Å²) in [4.78, 5) is 24.0. The second-order valence-electron chi connectivity index (χ2n) is 5.25. The fourth-order valence-electron chi connectivity index (χ4n) is 2.14. The highest BCUT2D eigenvalue weighted by Gasteiger charge is 2.22. The van der Waals surface area contributed by atoms with Gasteiger partial charge in [0, 0.05) is 5.69 Å². The maximum atomic E-state index is 12.2. The van der Waals surface area contributed by atoms with Crippen molar-refractivity contribution in [2.24, 2.45) is 0 Å². The normalized spacial score (nSPS) is 10.8. The monoisotopic (exact) mass is 377 g/mol. The van der Waals surface area contributed by atoms with Crippen molar-refractivity contribution in [3.63, 3.8) is 0 Å². The van der Waals surface area contributed by atoms with Crippen molar-refractivity contribution in [3.8, 4) is 5.75 Å². The number of benzene rings is 2. The minimum absolute atomic E-state index is 0.0911. The molecule has 2 aromatic carbocycles. The first-order chi connectivity index (χ1) is 12.4.